The Morgan fingerprint density at radius 2 is 2.08 bits per heavy atom. The summed E-state index contributed by atoms with van der Waals surface area (Å²) in [6, 6.07) is -0.182. The van der Waals surface area contributed by atoms with Crippen molar-refractivity contribution < 1.29 is 34.3 Å². The number of carbonyl (C=O) groups is 1. The molecule has 0 saturated carbocycles. The summed E-state index contributed by atoms with van der Waals surface area (Å²) in [7, 11) is 1.76. The van der Waals surface area contributed by atoms with Crippen LogP contribution in [0.4, 0.5) is 0 Å². The van der Waals surface area contributed by atoms with E-state index in [-0.39, 0.29) is 31.6 Å². The van der Waals surface area contributed by atoms with Gasteiger partial charge in [0.25, 0.3) is 0 Å². The molecular weight excluding hydrogens is 332 g/mol. The molecule has 25 heavy (non-hydrogen) atoms. The molecule has 1 heterocycles. The molecule has 0 spiro atoms. The lowest BCUT2D eigenvalue weighted by Crippen LogP contribution is -2.50. The van der Waals surface area contributed by atoms with Crippen LogP contribution >= 0.6 is 0 Å². The quantitative estimate of drug-likeness (QED) is 0.261. The highest BCUT2D eigenvalue weighted by Crippen LogP contribution is 2.20. The number of amides is 1. The highest BCUT2D eigenvalue weighted by atomic mass is 16.7. The number of hydrogen-bond acceptors (Lipinski definition) is 8. The van der Waals surface area contributed by atoms with Crippen molar-refractivity contribution in [3.63, 3.8) is 0 Å². The molecule has 0 aromatic carbocycles. The van der Waals surface area contributed by atoms with Gasteiger partial charge in [-0.15, -0.1) is 0 Å². The minimum atomic E-state index is -1.11. The molecular formula is C16H32N2O7. The Balaban J connectivity index is 2.08. The van der Waals surface area contributed by atoms with Crippen molar-refractivity contribution in [2.75, 3.05) is 40.0 Å². The Bertz CT molecular complexity index is 372. The molecule has 0 radical (unpaired) electrons. The molecule has 9 heteroatoms. The van der Waals surface area contributed by atoms with Crippen LogP contribution < -0.4 is 10.6 Å². The summed E-state index contributed by atoms with van der Waals surface area (Å²) in [4.78, 5) is 11.8. The van der Waals surface area contributed by atoms with Crippen molar-refractivity contribution in [2.24, 2.45) is 0 Å². The Morgan fingerprint density at radius 3 is 2.72 bits per heavy atom. The van der Waals surface area contributed by atoms with E-state index in [0.717, 1.165) is 12.8 Å². The third kappa shape index (κ3) is 7.95. The number of nitrogens with one attached hydrogen (secondary N) is 2. The molecule has 5 unspecified atom stereocenters. The van der Waals surface area contributed by atoms with Crippen LogP contribution in [0.25, 0.3) is 0 Å². The third-order valence-electron chi connectivity index (χ3n) is 4.03. The molecule has 5 N–H and O–H groups in total. The monoisotopic (exact) mass is 364 g/mol. The Morgan fingerprint density at radius 1 is 1.32 bits per heavy atom. The van der Waals surface area contributed by atoms with E-state index in [1.165, 1.54) is 0 Å². The standard InChI is InChI=1S/C16H32N2O7/c1-3-4-11(17-2)16(22)18-5-6-23-7-8-24-14-9-12(20)15(21)13(10-19)25-14/h11-15,17,19-21H,3-10H2,1-2H3,(H,18,22). The van der Waals surface area contributed by atoms with Crippen LogP contribution in [0.3, 0.4) is 0 Å². The van der Waals surface area contributed by atoms with Crippen LogP contribution in [0.15, 0.2) is 0 Å². The maximum Gasteiger partial charge on any atom is 0.237 e. The van der Waals surface area contributed by atoms with E-state index in [4.69, 9.17) is 19.3 Å². The molecule has 0 aromatic rings. The zero-order valence-corrected chi connectivity index (χ0v) is 15.0. The molecule has 0 aliphatic carbocycles. The van der Waals surface area contributed by atoms with Gasteiger partial charge in [-0.3, -0.25) is 4.79 Å². The van der Waals surface area contributed by atoms with E-state index in [9.17, 15) is 15.0 Å². The van der Waals surface area contributed by atoms with Crippen LogP contribution in [0, 0.1) is 0 Å². The van der Waals surface area contributed by atoms with Crippen molar-refractivity contribution >= 4 is 5.91 Å². The van der Waals surface area contributed by atoms with Gasteiger partial charge >= 0.3 is 0 Å². The van der Waals surface area contributed by atoms with Gasteiger partial charge in [-0.25, -0.2) is 0 Å². The zero-order chi connectivity index (χ0) is 18.7. The van der Waals surface area contributed by atoms with Gasteiger partial charge in [-0.05, 0) is 13.5 Å². The molecule has 0 aromatic heterocycles. The van der Waals surface area contributed by atoms with E-state index in [1.54, 1.807) is 7.05 Å². The molecule has 148 valence electrons. The Hall–Kier alpha value is -0.810. The average Bonchev–Trinajstić information content (AvgIpc) is 2.61. The second-order valence-corrected chi connectivity index (χ2v) is 5.98. The normalized spacial score (nSPS) is 27.9. The third-order valence-corrected chi connectivity index (χ3v) is 4.03. The molecule has 0 bridgehead atoms. The summed E-state index contributed by atoms with van der Waals surface area (Å²) in [5, 5.41) is 34.1. The molecule has 1 amide bonds. The average molecular weight is 364 g/mol. The first-order valence-electron chi connectivity index (χ1n) is 8.80. The summed E-state index contributed by atoms with van der Waals surface area (Å²) in [6.45, 7) is 2.97. The van der Waals surface area contributed by atoms with Gasteiger partial charge in [0.15, 0.2) is 6.29 Å². The minimum Gasteiger partial charge on any atom is -0.394 e. The topological polar surface area (TPSA) is 130 Å². The number of ether oxygens (including phenoxy) is 3. The van der Waals surface area contributed by atoms with E-state index in [1.807, 2.05) is 6.92 Å². The maximum atomic E-state index is 11.8. The van der Waals surface area contributed by atoms with Crippen LogP contribution in [0.2, 0.25) is 0 Å². The number of aliphatic hydroxyl groups is 3. The predicted molar refractivity (Wildman–Crippen MR) is 89.9 cm³/mol. The molecule has 1 aliphatic heterocycles. The van der Waals surface area contributed by atoms with Gasteiger partial charge in [-0.1, -0.05) is 13.3 Å². The fourth-order valence-corrected chi connectivity index (χ4v) is 2.58. The number of carbonyl (C=O) groups excluding carboxylic acids is 1. The van der Waals surface area contributed by atoms with E-state index < -0.39 is 24.6 Å². The lowest BCUT2D eigenvalue weighted by atomic mass is 10.0. The molecule has 1 saturated heterocycles. The number of likely N-dealkylation sites (N-methyl/N-ethyl adjacent to an activating group) is 1. The van der Waals surface area contributed by atoms with Crippen LogP contribution in [0.5, 0.6) is 0 Å². The minimum absolute atomic E-state index is 0.0394. The number of rotatable bonds is 12. The van der Waals surface area contributed by atoms with Crippen LogP contribution in [0.1, 0.15) is 26.2 Å². The van der Waals surface area contributed by atoms with Crippen molar-refractivity contribution in [2.45, 2.75) is 56.8 Å². The summed E-state index contributed by atoms with van der Waals surface area (Å²) < 4.78 is 16.1. The summed E-state index contributed by atoms with van der Waals surface area (Å²) in [5.74, 6) is -0.0394. The van der Waals surface area contributed by atoms with Crippen LogP contribution in [-0.4, -0.2) is 91.9 Å². The Kier molecular flexibility index (Phi) is 11.1. The van der Waals surface area contributed by atoms with Crippen molar-refractivity contribution in [3.8, 4) is 0 Å². The molecule has 1 rings (SSSR count). The van der Waals surface area contributed by atoms with Crippen molar-refractivity contribution in [1.82, 2.24) is 10.6 Å². The zero-order valence-electron chi connectivity index (χ0n) is 15.0. The lowest BCUT2D eigenvalue weighted by molar-refractivity contribution is -0.258. The molecule has 9 nitrogen and oxygen atoms in total. The highest BCUT2D eigenvalue weighted by Gasteiger charge is 2.36. The molecule has 5 atom stereocenters. The van der Waals surface area contributed by atoms with E-state index >= 15 is 0 Å². The van der Waals surface area contributed by atoms with Gasteiger partial charge in [-0.2, -0.15) is 0 Å². The van der Waals surface area contributed by atoms with Crippen LogP contribution in [-0.2, 0) is 19.0 Å². The van der Waals surface area contributed by atoms with Crippen molar-refractivity contribution in [1.29, 1.82) is 0 Å². The van der Waals surface area contributed by atoms with Gasteiger partial charge < -0.3 is 40.2 Å². The van der Waals surface area contributed by atoms with Gasteiger partial charge in [0.2, 0.25) is 5.91 Å². The Labute approximate surface area is 148 Å². The first kappa shape index (κ1) is 22.2. The smallest absolute Gasteiger partial charge is 0.237 e. The molecule has 1 aliphatic rings. The second kappa shape index (κ2) is 12.5. The predicted octanol–water partition coefficient (Wildman–Crippen LogP) is -1.65. The van der Waals surface area contributed by atoms with E-state index in [0.29, 0.717) is 19.8 Å². The van der Waals surface area contributed by atoms with Gasteiger partial charge in [0, 0.05) is 13.0 Å². The highest BCUT2D eigenvalue weighted by molar-refractivity contribution is 5.81. The first-order valence-corrected chi connectivity index (χ1v) is 8.80. The summed E-state index contributed by atoms with van der Waals surface area (Å²) >= 11 is 0. The fraction of sp³-hybridized carbons (Fsp3) is 0.938. The number of hydrogen-bond donors (Lipinski definition) is 5. The summed E-state index contributed by atoms with van der Waals surface area (Å²) in [6.07, 6.45) is -1.80. The largest absolute Gasteiger partial charge is 0.394 e. The summed E-state index contributed by atoms with van der Waals surface area (Å²) in [5.41, 5.74) is 0. The second-order valence-electron chi connectivity index (χ2n) is 5.98. The fourth-order valence-electron chi connectivity index (χ4n) is 2.58. The van der Waals surface area contributed by atoms with Crippen molar-refractivity contribution in [3.05, 3.63) is 0 Å². The van der Waals surface area contributed by atoms with Gasteiger partial charge in [0.1, 0.15) is 12.2 Å². The van der Waals surface area contributed by atoms with Gasteiger partial charge in [0.05, 0.1) is 38.6 Å². The lowest BCUT2D eigenvalue weighted by Gasteiger charge is -2.35. The SMILES string of the molecule is CCCC(NC)C(=O)NCCOCCOC1CC(O)C(O)C(CO)O1. The maximum absolute atomic E-state index is 11.8. The first-order chi connectivity index (χ1) is 12.0. The number of aliphatic hydroxyl groups excluding tert-OH is 3. The molecule has 1 fully saturated rings. The van der Waals surface area contributed by atoms with E-state index in [2.05, 4.69) is 10.6 Å².